The molecule has 0 unspecified atom stereocenters. The van der Waals surface area contributed by atoms with E-state index >= 15 is 0 Å². The molecule has 0 aromatic carbocycles. The van der Waals surface area contributed by atoms with Crippen molar-refractivity contribution in [2.45, 2.75) is 0 Å². The highest BCUT2D eigenvalue weighted by molar-refractivity contribution is 5.66. The molecule has 2 aromatic rings. The van der Waals surface area contributed by atoms with E-state index in [2.05, 4.69) is 4.98 Å². The van der Waals surface area contributed by atoms with Gasteiger partial charge in [-0.05, 0) is 17.1 Å². The van der Waals surface area contributed by atoms with Crippen LogP contribution in [0.25, 0.3) is 5.52 Å². The molecular weight excluding hydrogens is 191 g/mol. The van der Waals surface area contributed by atoms with Crippen LogP contribution in [0.2, 0.25) is 0 Å². The van der Waals surface area contributed by atoms with Crippen LogP contribution in [-0.4, -0.2) is 14.3 Å². The summed E-state index contributed by atoms with van der Waals surface area (Å²) in [7, 11) is 0. The van der Waals surface area contributed by atoms with E-state index in [-0.39, 0.29) is 11.5 Å². The zero-order chi connectivity index (χ0) is 10.3. The number of nitrogens with two attached hydrogens (primary N) is 1. The molecule has 14 heavy (non-hydrogen) atoms. The summed E-state index contributed by atoms with van der Waals surface area (Å²) in [6, 6.07) is 2.51. The van der Waals surface area contributed by atoms with E-state index in [1.807, 2.05) is 0 Å². The van der Waals surface area contributed by atoms with Gasteiger partial charge in [0.2, 0.25) is 0 Å². The topological polar surface area (TPSA) is 86.5 Å². The normalized spacial score (nSPS) is 10.6. The highest BCUT2D eigenvalue weighted by atomic mass is 19.1. The Bertz CT molecular complexity index is 522. The number of fused-ring (bicyclic) bond motifs is 1. The fraction of sp³-hybridized carbons (Fsp3) is 0. The van der Waals surface area contributed by atoms with Gasteiger partial charge in [0.05, 0.1) is 0 Å². The van der Waals surface area contributed by atoms with Crippen LogP contribution in [0, 0.1) is 15.9 Å². The molecule has 2 N–H and O–H groups in total. The number of hydrogen-bond donors (Lipinski definition) is 1. The first-order chi connectivity index (χ1) is 6.61. The van der Waals surface area contributed by atoms with E-state index in [0.717, 1.165) is 10.5 Å². The minimum absolute atomic E-state index is 0.105. The molecule has 72 valence electrons. The van der Waals surface area contributed by atoms with E-state index in [0.29, 0.717) is 0 Å². The van der Waals surface area contributed by atoms with E-state index in [4.69, 9.17) is 5.73 Å². The lowest BCUT2D eigenvalue weighted by Gasteiger charge is -1.93. The Labute approximate surface area is 76.9 Å². The second-order valence-corrected chi connectivity index (χ2v) is 2.63. The van der Waals surface area contributed by atoms with Crippen LogP contribution in [0.4, 0.5) is 16.2 Å². The van der Waals surface area contributed by atoms with Gasteiger partial charge in [0.15, 0.2) is 11.3 Å². The summed E-state index contributed by atoms with van der Waals surface area (Å²) in [6.07, 6.45) is 1.41. The number of aromatic nitrogens is 2. The molecule has 0 aliphatic rings. The Morgan fingerprint density at radius 1 is 1.64 bits per heavy atom. The van der Waals surface area contributed by atoms with Gasteiger partial charge >= 0.3 is 11.8 Å². The molecule has 2 aromatic heterocycles. The van der Waals surface area contributed by atoms with Crippen molar-refractivity contribution in [3.63, 3.8) is 0 Å². The van der Waals surface area contributed by atoms with Crippen molar-refractivity contribution in [1.29, 1.82) is 0 Å². The minimum Gasteiger partial charge on any atom is -0.358 e. The van der Waals surface area contributed by atoms with Crippen LogP contribution >= 0.6 is 0 Å². The lowest BCUT2D eigenvalue weighted by atomic mass is 10.4. The molecule has 7 heteroatoms. The maximum atomic E-state index is 13.2. The standard InChI is InChI=1S/C7H5FN4O2/c8-4-2-1-3-11-5(4)6(12(13)14)10-7(11)9/h1-3H,(H2,9,10). The summed E-state index contributed by atoms with van der Waals surface area (Å²) in [5.74, 6) is -1.39. The minimum atomic E-state index is -0.769. The number of nitrogens with zero attached hydrogens (tertiary/aromatic N) is 3. The molecule has 0 atom stereocenters. The molecule has 2 heterocycles. The van der Waals surface area contributed by atoms with Gasteiger partial charge in [0.1, 0.15) is 0 Å². The molecular formula is C7H5FN4O2. The SMILES string of the molecule is Nc1nc([N+](=O)[O-])c2c(F)cccn12. The molecule has 0 radical (unpaired) electrons. The maximum Gasteiger partial charge on any atom is 0.394 e. The van der Waals surface area contributed by atoms with Crippen LogP contribution in [-0.2, 0) is 0 Å². The van der Waals surface area contributed by atoms with Gasteiger partial charge in [-0.15, -0.1) is 0 Å². The number of rotatable bonds is 1. The molecule has 0 saturated heterocycles. The molecule has 0 aliphatic heterocycles. The average molecular weight is 196 g/mol. The molecule has 2 rings (SSSR count). The summed E-state index contributed by atoms with van der Waals surface area (Å²) in [6.45, 7) is 0. The van der Waals surface area contributed by atoms with Crippen molar-refractivity contribution in [3.05, 3.63) is 34.3 Å². The van der Waals surface area contributed by atoms with E-state index < -0.39 is 16.6 Å². The number of hydrogen-bond acceptors (Lipinski definition) is 4. The van der Waals surface area contributed by atoms with Gasteiger partial charge in [-0.2, -0.15) is 0 Å². The quantitative estimate of drug-likeness (QED) is 0.543. The predicted molar refractivity (Wildman–Crippen MR) is 46.2 cm³/mol. The number of nitro groups is 1. The number of halogens is 1. The molecule has 0 saturated carbocycles. The molecule has 6 nitrogen and oxygen atoms in total. The fourth-order valence-corrected chi connectivity index (χ4v) is 1.23. The van der Waals surface area contributed by atoms with Gasteiger partial charge in [0, 0.05) is 11.2 Å². The number of pyridine rings is 1. The summed E-state index contributed by atoms with van der Waals surface area (Å²) < 4.78 is 14.3. The average Bonchev–Trinajstić information content (AvgIpc) is 2.46. The highest BCUT2D eigenvalue weighted by Crippen LogP contribution is 2.23. The zero-order valence-corrected chi connectivity index (χ0v) is 6.85. The van der Waals surface area contributed by atoms with Crippen LogP contribution < -0.4 is 5.73 Å². The Hall–Kier alpha value is -2.18. The monoisotopic (exact) mass is 196 g/mol. The third-order valence-corrected chi connectivity index (χ3v) is 1.80. The third kappa shape index (κ3) is 0.987. The first-order valence-electron chi connectivity index (χ1n) is 3.67. The predicted octanol–water partition coefficient (Wildman–Crippen LogP) is 0.964. The maximum absolute atomic E-state index is 13.2. The Morgan fingerprint density at radius 3 is 3.00 bits per heavy atom. The van der Waals surface area contributed by atoms with E-state index in [1.54, 1.807) is 0 Å². The van der Waals surface area contributed by atoms with Gasteiger partial charge in [0.25, 0.3) is 0 Å². The lowest BCUT2D eigenvalue weighted by molar-refractivity contribution is -0.387. The van der Waals surface area contributed by atoms with Gasteiger partial charge in [-0.25, -0.2) is 4.39 Å². The second-order valence-electron chi connectivity index (χ2n) is 2.63. The number of anilines is 1. The highest BCUT2D eigenvalue weighted by Gasteiger charge is 2.22. The van der Waals surface area contributed by atoms with E-state index in [9.17, 15) is 14.5 Å². The van der Waals surface area contributed by atoms with Crippen molar-refractivity contribution in [2.75, 3.05) is 5.73 Å². The van der Waals surface area contributed by atoms with Crippen LogP contribution in [0.5, 0.6) is 0 Å². The molecule has 0 bridgehead atoms. The fourth-order valence-electron chi connectivity index (χ4n) is 1.23. The van der Waals surface area contributed by atoms with Crippen LogP contribution in [0.3, 0.4) is 0 Å². The van der Waals surface area contributed by atoms with Crippen LogP contribution in [0.1, 0.15) is 0 Å². The Kier molecular flexibility index (Phi) is 1.60. The lowest BCUT2D eigenvalue weighted by Crippen LogP contribution is -1.94. The van der Waals surface area contributed by atoms with Gasteiger partial charge in [-0.3, -0.25) is 4.40 Å². The number of nitrogen functional groups attached to an aromatic ring is 1. The molecule has 0 amide bonds. The first kappa shape index (κ1) is 8.42. The van der Waals surface area contributed by atoms with Crippen molar-refractivity contribution in [2.24, 2.45) is 0 Å². The third-order valence-electron chi connectivity index (χ3n) is 1.80. The summed E-state index contributed by atoms with van der Waals surface area (Å²) in [5, 5.41) is 10.5. The van der Waals surface area contributed by atoms with Crippen molar-refractivity contribution in [3.8, 4) is 0 Å². The van der Waals surface area contributed by atoms with E-state index in [1.165, 1.54) is 12.3 Å². The van der Waals surface area contributed by atoms with Crippen molar-refractivity contribution < 1.29 is 9.31 Å². The molecule has 0 fully saturated rings. The van der Waals surface area contributed by atoms with Crippen LogP contribution in [0.15, 0.2) is 18.3 Å². The summed E-state index contributed by atoms with van der Waals surface area (Å²) >= 11 is 0. The first-order valence-corrected chi connectivity index (χ1v) is 3.67. The molecule has 0 spiro atoms. The second kappa shape index (κ2) is 2.66. The zero-order valence-electron chi connectivity index (χ0n) is 6.85. The van der Waals surface area contributed by atoms with Gasteiger partial charge in [-0.1, -0.05) is 0 Å². The Morgan fingerprint density at radius 2 is 2.36 bits per heavy atom. The smallest absolute Gasteiger partial charge is 0.358 e. The molecule has 0 aliphatic carbocycles. The summed E-state index contributed by atoms with van der Waals surface area (Å²) in [4.78, 5) is 13.2. The largest absolute Gasteiger partial charge is 0.394 e. The summed E-state index contributed by atoms with van der Waals surface area (Å²) in [5.41, 5.74) is 5.15. The van der Waals surface area contributed by atoms with Crippen molar-refractivity contribution >= 4 is 17.3 Å². The Balaban J connectivity index is 2.93. The van der Waals surface area contributed by atoms with Gasteiger partial charge < -0.3 is 15.8 Å². The number of imidazole rings is 1. The van der Waals surface area contributed by atoms with Crippen molar-refractivity contribution in [1.82, 2.24) is 9.38 Å².